The van der Waals surface area contributed by atoms with Gasteiger partial charge in [0.25, 0.3) is 0 Å². The predicted octanol–water partition coefficient (Wildman–Crippen LogP) is 5.47. The second-order valence-corrected chi connectivity index (χ2v) is 7.45. The van der Waals surface area contributed by atoms with Crippen LogP contribution in [0.1, 0.15) is 10.4 Å². The second-order valence-electron chi connectivity index (χ2n) is 5.54. The number of halogens is 1. The van der Waals surface area contributed by atoms with Gasteiger partial charge < -0.3 is 0 Å². The lowest BCUT2D eigenvalue weighted by atomic mass is 10.1. The van der Waals surface area contributed by atoms with Crippen molar-refractivity contribution < 1.29 is 9.18 Å². The molecular formula is C20H13FN2OS2. The highest BCUT2D eigenvalue weighted by Gasteiger charge is 2.15. The topological polar surface area (TPSA) is 42.9 Å². The number of thiophene rings is 1. The van der Waals surface area contributed by atoms with Crippen molar-refractivity contribution in [3.63, 3.8) is 0 Å². The number of benzene rings is 2. The Morgan fingerprint density at radius 2 is 1.81 bits per heavy atom. The van der Waals surface area contributed by atoms with E-state index in [1.54, 1.807) is 23.5 Å². The number of fused-ring (bicyclic) bond motifs is 1. The number of para-hydroxylation sites is 1. The molecule has 4 rings (SSSR count). The van der Waals surface area contributed by atoms with Gasteiger partial charge in [-0.1, -0.05) is 48.2 Å². The van der Waals surface area contributed by atoms with Gasteiger partial charge in [0, 0.05) is 5.39 Å². The standard InChI is InChI=1S/C20H13FN2OS2/c21-15-8-3-1-6-13(15)17(24)12-26-20-14-7-2-4-9-16(14)22-19(23-20)18-10-5-11-25-18/h1-11H,12H2. The fourth-order valence-corrected chi connectivity index (χ4v) is 4.13. The number of Topliss-reactive ketones (excluding diaryl/α,β-unsaturated/α-hetero) is 1. The van der Waals surface area contributed by atoms with E-state index in [0.717, 1.165) is 20.8 Å². The Labute approximate surface area is 157 Å². The predicted molar refractivity (Wildman–Crippen MR) is 104 cm³/mol. The number of hydrogen-bond acceptors (Lipinski definition) is 5. The van der Waals surface area contributed by atoms with Crippen molar-refractivity contribution in [1.29, 1.82) is 0 Å². The van der Waals surface area contributed by atoms with Crippen LogP contribution in [0, 0.1) is 5.82 Å². The monoisotopic (exact) mass is 380 g/mol. The van der Waals surface area contributed by atoms with Crippen LogP contribution in [0.25, 0.3) is 21.6 Å². The fourth-order valence-electron chi connectivity index (χ4n) is 2.57. The van der Waals surface area contributed by atoms with Gasteiger partial charge in [0.05, 0.1) is 21.7 Å². The SMILES string of the molecule is O=C(CSc1nc(-c2cccs2)nc2ccccc12)c1ccccc1F. The lowest BCUT2D eigenvalue weighted by molar-refractivity contribution is 0.101. The molecule has 3 nitrogen and oxygen atoms in total. The molecule has 0 saturated carbocycles. The zero-order valence-corrected chi connectivity index (χ0v) is 15.2. The van der Waals surface area contributed by atoms with Crippen LogP contribution in [0.2, 0.25) is 0 Å². The molecule has 0 bridgehead atoms. The smallest absolute Gasteiger partial charge is 0.176 e. The summed E-state index contributed by atoms with van der Waals surface area (Å²) < 4.78 is 13.8. The highest BCUT2D eigenvalue weighted by Crippen LogP contribution is 2.30. The van der Waals surface area contributed by atoms with Crippen LogP contribution in [0.3, 0.4) is 0 Å². The van der Waals surface area contributed by atoms with E-state index in [1.165, 1.54) is 23.9 Å². The molecule has 0 unspecified atom stereocenters. The van der Waals surface area contributed by atoms with E-state index < -0.39 is 5.82 Å². The lowest BCUT2D eigenvalue weighted by Crippen LogP contribution is -2.05. The average molecular weight is 380 g/mol. The molecule has 6 heteroatoms. The Kier molecular flexibility index (Phi) is 4.77. The molecule has 0 N–H and O–H groups in total. The average Bonchev–Trinajstić information content (AvgIpc) is 3.21. The van der Waals surface area contributed by atoms with Gasteiger partial charge in [-0.2, -0.15) is 0 Å². The minimum absolute atomic E-state index is 0.108. The van der Waals surface area contributed by atoms with Crippen LogP contribution in [0.5, 0.6) is 0 Å². The molecule has 4 aromatic rings. The van der Waals surface area contributed by atoms with Crippen molar-refractivity contribution in [2.24, 2.45) is 0 Å². The largest absolute Gasteiger partial charge is 0.293 e. The molecule has 0 radical (unpaired) electrons. The summed E-state index contributed by atoms with van der Waals surface area (Å²) in [6.07, 6.45) is 0. The summed E-state index contributed by atoms with van der Waals surface area (Å²) in [7, 11) is 0. The zero-order valence-electron chi connectivity index (χ0n) is 13.6. The van der Waals surface area contributed by atoms with Crippen molar-refractivity contribution >= 4 is 39.8 Å². The minimum Gasteiger partial charge on any atom is -0.293 e. The quantitative estimate of drug-likeness (QED) is 0.261. The van der Waals surface area contributed by atoms with E-state index in [4.69, 9.17) is 0 Å². The summed E-state index contributed by atoms with van der Waals surface area (Å²) in [5, 5.41) is 3.59. The van der Waals surface area contributed by atoms with Crippen LogP contribution < -0.4 is 0 Å². The molecule has 0 atom stereocenters. The number of nitrogens with zero attached hydrogens (tertiary/aromatic N) is 2. The third kappa shape index (κ3) is 3.38. The van der Waals surface area contributed by atoms with E-state index in [0.29, 0.717) is 5.82 Å². The number of rotatable bonds is 5. The Morgan fingerprint density at radius 1 is 1.00 bits per heavy atom. The van der Waals surface area contributed by atoms with Crippen molar-refractivity contribution in [2.75, 3.05) is 5.75 Å². The molecule has 0 aliphatic carbocycles. The first-order valence-corrected chi connectivity index (χ1v) is 9.80. The number of ketones is 1. The highest BCUT2D eigenvalue weighted by molar-refractivity contribution is 8.00. The summed E-state index contributed by atoms with van der Waals surface area (Å²) in [6, 6.07) is 17.7. The van der Waals surface area contributed by atoms with E-state index >= 15 is 0 Å². The van der Waals surface area contributed by atoms with E-state index in [-0.39, 0.29) is 17.1 Å². The molecular weight excluding hydrogens is 367 g/mol. The van der Waals surface area contributed by atoms with Gasteiger partial charge in [-0.25, -0.2) is 14.4 Å². The van der Waals surface area contributed by atoms with Crippen LogP contribution in [-0.2, 0) is 0 Å². The second kappa shape index (κ2) is 7.35. The zero-order chi connectivity index (χ0) is 17.9. The Bertz CT molecular complexity index is 1080. The summed E-state index contributed by atoms with van der Waals surface area (Å²) in [4.78, 5) is 22.6. The molecule has 26 heavy (non-hydrogen) atoms. The molecule has 0 fully saturated rings. The van der Waals surface area contributed by atoms with E-state index in [1.807, 2.05) is 41.8 Å². The van der Waals surface area contributed by atoms with Gasteiger partial charge in [-0.05, 0) is 29.6 Å². The maximum absolute atomic E-state index is 13.8. The molecule has 0 saturated heterocycles. The van der Waals surface area contributed by atoms with Gasteiger partial charge in [-0.15, -0.1) is 11.3 Å². The van der Waals surface area contributed by atoms with Crippen LogP contribution in [-0.4, -0.2) is 21.5 Å². The molecule has 2 aromatic heterocycles. The Hall–Kier alpha value is -2.57. The normalized spacial score (nSPS) is 11.0. The van der Waals surface area contributed by atoms with E-state index in [9.17, 15) is 9.18 Å². The third-order valence-corrected chi connectivity index (χ3v) is 5.68. The van der Waals surface area contributed by atoms with Crippen molar-refractivity contribution in [2.45, 2.75) is 5.03 Å². The van der Waals surface area contributed by atoms with Crippen molar-refractivity contribution in [3.8, 4) is 10.7 Å². The molecule has 0 aliphatic heterocycles. The first kappa shape index (κ1) is 16.9. The number of hydrogen-bond donors (Lipinski definition) is 0. The first-order chi connectivity index (χ1) is 12.7. The third-order valence-electron chi connectivity index (χ3n) is 3.82. The summed E-state index contributed by atoms with van der Waals surface area (Å²) >= 11 is 2.88. The van der Waals surface area contributed by atoms with Gasteiger partial charge in [0.2, 0.25) is 0 Å². The van der Waals surface area contributed by atoms with Gasteiger partial charge in [0.15, 0.2) is 11.6 Å². The molecule has 128 valence electrons. The van der Waals surface area contributed by atoms with Gasteiger partial charge in [0.1, 0.15) is 10.8 Å². The van der Waals surface area contributed by atoms with Crippen molar-refractivity contribution in [1.82, 2.24) is 9.97 Å². The number of aromatic nitrogens is 2. The molecule has 0 aliphatic rings. The maximum Gasteiger partial charge on any atom is 0.176 e. The fraction of sp³-hybridized carbons (Fsp3) is 0.0500. The lowest BCUT2D eigenvalue weighted by Gasteiger charge is -2.08. The maximum atomic E-state index is 13.8. The minimum atomic E-state index is -0.495. The number of carbonyl (C=O) groups is 1. The van der Waals surface area contributed by atoms with Crippen LogP contribution in [0.4, 0.5) is 4.39 Å². The molecule has 2 heterocycles. The molecule has 0 amide bonds. The highest BCUT2D eigenvalue weighted by atomic mass is 32.2. The molecule has 0 spiro atoms. The Morgan fingerprint density at radius 3 is 2.62 bits per heavy atom. The summed E-state index contributed by atoms with van der Waals surface area (Å²) in [6.45, 7) is 0. The Balaban J connectivity index is 1.67. The van der Waals surface area contributed by atoms with Crippen molar-refractivity contribution in [3.05, 3.63) is 77.4 Å². The van der Waals surface area contributed by atoms with E-state index in [2.05, 4.69) is 9.97 Å². The van der Waals surface area contributed by atoms with Crippen LogP contribution >= 0.6 is 23.1 Å². The number of thioether (sulfide) groups is 1. The number of carbonyl (C=O) groups excluding carboxylic acids is 1. The van der Waals surface area contributed by atoms with Gasteiger partial charge in [-0.3, -0.25) is 4.79 Å². The summed E-state index contributed by atoms with van der Waals surface area (Å²) in [5.41, 5.74) is 0.934. The van der Waals surface area contributed by atoms with Crippen LogP contribution in [0.15, 0.2) is 71.1 Å². The first-order valence-electron chi connectivity index (χ1n) is 7.93. The van der Waals surface area contributed by atoms with Gasteiger partial charge >= 0.3 is 0 Å². The molecule has 2 aromatic carbocycles. The summed E-state index contributed by atoms with van der Waals surface area (Å²) in [5.74, 6) is 0.00386.